The largest absolute Gasteiger partial charge is 0.378 e. The van der Waals surface area contributed by atoms with Crippen LogP contribution in [0.15, 0.2) is 0 Å². The first-order chi connectivity index (χ1) is 8.72. The molecule has 2 heterocycles. The minimum atomic E-state index is 0.220. The van der Waals surface area contributed by atoms with E-state index in [1.54, 1.807) is 0 Å². The standard InChI is InChI=1S/C15H30N2O/c1-3-6-14-7-4-5-9-17(14)15(12-16)8-10-18-13(2)11-15/h13-14H,3-12,16H2,1-2H3. The number of hydrogen-bond acceptors (Lipinski definition) is 3. The lowest BCUT2D eigenvalue weighted by Gasteiger charge is -2.52. The van der Waals surface area contributed by atoms with Crippen LogP contribution in [0.1, 0.15) is 58.8 Å². The fourth-order valence-electron chi connectivity index (χ4n) is 3.97. The van der Waals surface area contributed by atoms with Crippen LogP contribution in [0.3, 0.4) is 0 Å². The quantitative estimate of drug-likeness (QED) is 0.838. The van der Waals surface area contributed by atoms with Crippen molar-refractivity contribution >= 4 is 0 Å². The van der Waals surface area contributed by atoms with Crippen molar-refractivity contribution in [2.75, 3.05) is 19.7 Å². The molecule has 2 aliphatic heterocycles. The summed E-state index contributed by atoms with van der Waals surface area (Å²) in [4.78, 5) is 2.76. The third kappa shape index (κ3) is 2.89. The molecule has 2 rings (SSSR count). The second-order valence-corrected chi connectivity index (χ2v) is 6.20. The van der Waals surface area contributed by atoms with Gasteiger partial charge in [-0.05, 0) is 45.6 Å². The van der Waals surface area contributed by atoms with Crippen LogP contribution in [-0.4, -0.2) is 42.3 Å². The topological polar surface area (TPSA) is 38.5 Å². The van der Waals surface area contributed by atoms with E-state index < -0.39 is 0 Å². The van der Waals surface area contributed by atoms with Crippen molar-refractivity contribution in [3.63, 3.8) is 0 Å². The van der Waals surface area contributed by atoms with Crippen LogP contribution in [-0.2, 0) is 4.74 Å². The van der Waals surface area contributed by atoms with E-state index in [0.29, 0.717) is 6.10 Å². The van der Waals surface area contributed by atoms with Crippen LogP contribution in [0.5, 0.6) is 0 Å². The fourth-order valence-corrected chi connectivity index (χ4v) is 3.97. The number of likely N-dealkylation sites (tertiary alicyclic amines) is 1. The normalized spacial score (nSPS) is 38.8. The molecule has 0 amide bonds. The number of piperidine rings is 1. The summed E-state index contributed by atoms with van der Waals surface area (Å²) in [6.45, 7) is 7.42. The van der Waals surface area contributed by atoms with Gasteiger partial charge in [0.1, 0.15) is 0 Å². The zero-order valence-corrected chi connectivity index (χ0v) is 12.2. The predicted octanol–water partition coefficient (Wildman–Crippen LogP) is 2.54. The highest BCUT2D eigenvalue weighted by atomic mass is 16.5. The Labute approximate surface area is 112 Å². The molecule has 0 bridgehead atoms. The smallest absolute Gasteiger partial charge is 0.0565 e. The minimum absolute atomic E-state index is 0.220. The molecule has 2 aliphatic rings. The maximum absolute atomic E-state index is 6.19. The molecule has 2 N–H and O–H groups in total. The van der Waals surface area contributed by atoms with Gasteiger partial charge in [0.25, 0.3) is 0 Å². The molecule has 3 atom stereocenters. The van der Waals surface area contributed by atoms with E-state index in [0.717, 1.165) is 32.0 Å². The van der Waals surface area contributed by atoms with Crippen LogP contribution in [0, 0.1) is 0 Å². The molecule has 106 valence electrons. The average molecular weight is 254 g/mol. The molecule has 0 spiro atoms. The Morgan fingerprint density at radius 1 is 1.39 bits per heavy atom. The van der Waals surface area contributed by atoms with Crippen LogP contribution < -0.4 is 5.73 Å². The molecule has 2 fully saturated rings. The molecule has 2 saturated heterocycles. The van der Waals surface area contributed by atoms with Crippen LogP contribution >= 0.6 is 0 Å². The number of hydrogen-bond donors (Lipinski definition) is 1. The molecule has 0 saturated carbocycles. The maximum Gasteiger partial charge on any atom is 0.0565 e. The number of ether oxygens (including phenoxy) is 1. The summed E-state index contributed by atoms with van der Waals surface area (Å²) in [5, 5.41) is 0. The van der Waals surface area contributed by atoms with Gasteiger partial charge in [-0.15, -0.1) is 0 Å². The van der Waals surface area contributed by atoms with Crippen molar-refractivity contribution in [1.82, 2.24) is 4.90 Å². The van der Waals surface area contributed by atoms with E-state index >= 15 is 0 Å². The predicted molar refractivity (Wildman–Crippen MR) is 75.7 cm³/mol. The molecule has 0 aromatic rings. The van der Waals surface area contributed by atoms with Crippen molar-refractivity contribution in [2.45, 2.75) is 76.5 Å². The summed E-state index contributed by atoms with van der Waals surface area (Å²) in [7, 11) is 0. The monoisotopic (exact) mass is 254 g/mol. The first kappa shape index (κ1) is 14.3. The highest BCUT2D eigenvalue weighted by molar-refractivity contribution is 4.99. The molecular formula is C15H30N2O. The number of nitrogens with two attached hydrogens (primary N) is 1. The Balaban J connectivity index is 2.12. The molecule has 0 aromatic carbocycles. The summed E-state index contributed by atoms with van der Waals surface area (Å²) < 4.78 is 5.74. The lowest BCUT2D eigenvalue weighted by molar-refractivity contribution is -0.0864. The van der Waals surface area contributed by atoms with Gasteiger partial charge in [-0.1, -0.05) is 19.8 Å². The van der Waals surface area contributed by atoms with E-state index in [2.05, 4.69) is 18.7 Å². The van der Waals surface area contributed by atoms with Crippen molar-refractivity contribution in [3.05, 3.63) is 0 Å². The SMILES string of the molecule is CCCC1CCCCN1C1(CN)CCOC(C)C1. The Hall–Kier alpha value is -0.120. The van der Waals surface area contributed by atoms with Crippen molar-refractivity contribution < 1.29 is 4.74 Å². The molecule has 0 aromatic heterocycles. The van der Waals surface area contributed by atoms with Gasteiger partial charge in [0.2, 0.25) is 0 Å². The van der Waals surface area contributed by atoms with Gasteiger partial charge < -0.3 is 10.5 Å². The molecule has 18 heavy (non-hydrogen) atoms. The molecular weight excluding hydrogens is 224 g/mol. The molecule has 0 radical (unpaired) electrons. The van der Waals surface area contributed by atoms with Gasteiger partial charge in [0.15, 0.2) is 0 Å². The molecule has 3 unspecified atom stereocenters. The minimum Gasteiger partial charge on any atom is -0.378 e. The summed E-state index contributed by atoms with van der Waals surface area (Å²) in [5.41, 5.74) is 6.41. The van der Waals surface area contributed by atoms with Crippen LogP contribution in [0.25, 0.3) is 0 Å². The Kier molecular flexibility index (Phi) is 5.05. The zero-order chi connectivity index (χ0) is 13.0. The first-order valence-corrected chi connectivity index (χ1v) is 7.80. The fraction of sp³-hybridized carbons (Fsp3) is 1.00. The van der Waals surface area contributed by atoms with E-state index in [9.17, 15) is 0 Å². The first-order valence-electron chi connectivity index (χ1n) is 7.80. The van der Waals surface area contributed by atoms with Gasteiger partial charge in [-0.2, -0.15) is 0 Å². The second kappa shape index (κ2) is 6.36. The lowest BCUT2D eigenvalue weighted by atomic mass is 9.81. The zero-order valence-electron chi connectivity index (χ0n) is 12.2. The average Bonchev–Trinajstić information content (AvgIpc) is 2.39. The van der Waals surface area contributed by atoms with Gasteiger partial charge in [0, 0.05) is 24.7 Å². The summed E-state index contributed by atoms with van der Waals surface area (Å²) in [6, 6.07) is 0.762. The number of rotatable bonds is 4. The van der Waals surface area contributed by atoms with Crippen LogP contribution in [0.2, 0.25) is 0 Å². The van der Waals surface area contributed by atoms with Gasteiger partial charge in [-0.25, -0.2) is 0 Å². The Morgan fingerprint density at radius 3 is 2.89 bits per heavy atom. The Bertz CT molecular complexity index is 257. The van der Waals surface area contributed by atoms with E-state index in [4.69, 9.17) is 10.5 Å². The van der Waals surface area contributed by atoms with Gasteiger partial charge in [-0.3, -0.25) is 4.90 Å². The van der Waals surface area contributed by atoms with Crippen LogP contribution in [0.4, 0.5) is 0 Å². The molecule has 3 heteroatoms. The molecule has 0 aliphatic carbocycles. The second-order valence-electron chi connectivity index (χ2n) is 6.20. The summed E-state index contributed by atoms with van der Waals surface area (Å²) in [6.07, 6.45) is 9.32. The van der Waals surface area contributed by atoms with E-state index in [1.807, 2.05) is 0 Å². The summed E-state index contributed by atoms with van der Waals surface area (Å²) in [5.74, 6) is 0. The molecule has 3 nitrogen and oxygen atoms in total. The van der Waals surface area contributed by atoms with Crippen molar-refractivity contribution in [2.24, 2.45) is 5.73 Å². The maximum atomic E-state index is 6.19. The summed E-state index contributed by atoms with van der Waals surface area (Å²) >= 11 is 0. The Morgan fingerprint density at radius 2 is 2.22 bits per heavy atom. The lowest BCUT2D eigenvalue weighted by Crippen LogP contribution is -2.62. The third-order valence-electron chi connectivity index (χ3n) is 4.88. The van der Waals surface area contributed by atoms with E-state index in [1.165, 1.54) is 38.6 Å². The van der Waals surface area contributed by atoms with Crippen molar-refractivity contribution in [3.8, 4) is 0 Å². The highest BCUT2D eigenvalue weighted by Gasteiger charge is 2.43. The highest BCUT2D eigenvalue weighted by Crippen LogP contribution is 2.36. The van der Waals surface area contributed by atoms with Gasteiger partial charge >= 0.3 is 0 Å². The van der Waals surface area contributed by atoms with E-state index in [-0.39, 0.29) is 5.54 Å². The van der Waals surface area contributed by atoms with Gasteiger partial charge in [0.05, 0.1) is 6.10 Å². The van der Waals surface area contributed by atoms with Crippen molar-refractivity contribution in [1.29, 1.82) is 0 Å². The third-order valence-corrected chi connectivity index (χ3v) is 4.88. The number of nitrogens with zero attached hydrogens (tertiary/aromatic N) is 1.